The van der Waals surface area contributed by atoms with Gasteiger partial charge in [-0.15, -0.1) is 0 Å². The molecule has 0 saturated carbocycles. The number of carbonyl (C=O) groups is 2. The predicted molar refractivity (Wildman–Crippen MR) is 78.4 cm³/mol. The molecule has 1 aliphatic rings. The van der Waals surface area contributed by atoms with Gasteiger partial charge in [0.15, 0.2) is 0 Å². The summed E-state index contributed by atoms with van der Waals surface area (Å²) < 4.78 is 0. The maximum Gasteiger partial charge on any atom is 0.354 e. The number of aromatic nitrogens is 1. The van der Waals surface area contributed by atoms with Crippen LogP contribution in [0.25, 0.3) is 0 Å². The van der Waals surface area contributed by atoms with Gasteiger partial charge >= 0.3 is 5.97 Å². The Balaban J connectivity index is 1.99. The molecule has 21 heavy (non-hydrogen) atoms. The van der Waals surface area contributed by atoms with Crippen molar-refractivity contribution in [2.45, 2.75) is 12.8 Å². The lowest BCUT2D eigenvalue weighted by Crippen LogP contribution is -2.41. The van der Waals surface area contributed by atoms with Crippen molar-refractivity contribution in [3.8, 4) is 0 Å². The molecule has 1 N–H and O–H groups in total. The summed E-state index contributed by atoms with van der Waals surface area (Å²) in [5.74, 6) is -0.682. The molecule has 0 bridgehead atoms. The molecule has 6 nitrogen and oxygen atoms in total. The molecule has 0 spiro atoms. The minimum absolute atomic E-state index is 0.0941. The van der Waals surface area contributed by atoms with E-state index in [0.29, 0.717) is 19.0 Å². The van der Waals surface area contributed by atoms with Crippen LogP contribution in [-0.2, 0) is 0 Å². The summed E-state index contributed by atoms with van der Waals surface area (Å²) in [7, 11) is 4.11. The fourth-order valence-corrected chi connectivity index (χ4v) is 2.67. The van der Waals surface area contributed by atoms with Crippen LogP contribution in [-0.4, -0.2) is 65.5 Å². The minimum atomic E-state index is -1.12. The number of piperidine rings is 1. The molecule has 1 fully saturated rings. The Hall–Kier alpha value is -1.95. The minimum Gasteiger partial charge on any atom is -0.477 e. The highest BCUT2D eigenvalue weighted by molar-refractivity contribution is 5.94. The number of nitrogens with zero attached hydrogens (tertiary/aromatic N) is 3. The first-order chi connectivity index (χ1) is 9.97. The van der Waals surface area contributed by atoms with E-state index in [1.54, 1.807) is 17.0 Å². The van der Waals surface area contributed by atoms with Crippen molar-refractivity contribution < 1.29 is 14.7 Å². The van der Waals surface area contributed by atoms with Crippen LogP contribution in [0, 0.1) is 5.92 Å². The van der Waals surface area contributed by atoms with Gasteiger partial charge in [-0.3, -0.25) is 4.79 Å². The third-order valence-corrected chi connectivity index (χ3v) is 3.71. The van der Waals surface area contributed by atoms with Crippen molar-refractivity contribution in [1.29, 1.82) is 0 Å². The van der Waals surface area contributed by atoms with E-state index >= 15 is 0 Å². The standard InChI is InChI=1S/C15H21N3O3/c1-17(2)10-11-6-8-18(9-7-11)14(19)12-4-3-5-13(16-12)15(20)21/h3-5,11H,6-10H2,1-2H3,(H,20,21). The van der Waals surface area contributed by atoms with Gasteiger partial charge in [0.2, 0.25) is 0 Å². The second kappa shape index (κ2) is 6.67. The van der Waals surface area contributed by atoms with Gasteiger partial charge in [0.1, 0.15) is 11.4 Å². The maximum absolute atomic E-state index is 12.4. The molecule has 0 aromatic carbocycles. The van der Waals surface area contributed by atoms with Gasteiger partial charge in [-0.2, -0.15) is 0 Å². The summed E-state index contributed by atoms with van der Waals surface area (Å²) in [5.41, 5.74) is 0.115. The van der Waals surface area contributed by atoms with Crippen LogP contribution in [0.4, 0.5) is 0 Å². The number of rotatable bonds is 4. The van der Waals surface area contributed by atoms with E-state index in [0.717, 1.165) is 19.4 Å². The molecule has 1 amide bonds. The maximum atomic E-state index is 12.4. The Morgan fingerprint density at radius 2 is 1.90 bits per heavy atom. The lowest BCUT2D eigenvalue weighted by atomic mass is 9.96. The first kappa shape index (κ1) is 15.4. The third-order valence-electron chi connectivity index (χ3n) is 3.71. The predicted octanol–water partition coefficient (Wildman–Crippen LogP) is 1.19. The van der Waals surface area contributed by atoms with Gasteiger partial charge in [0.25, 0.3) is 5.91 Å². The molecule has 1 saturated heterocycles. The number of hydrogen-bond donors (Lipinski definition) is 1. The van der Waals surface area contributed by atoms with E-state index in [1.807, 2.05) is 0 Å². The molecule has 6 heteroatoms. The molecule has 2 heterocycles. The summed E-state index contributed by atoms with van der Waals surface area (Å²) in [6.07, 6.45) is 1.95. The molecular weight excluding hydrogens is 270 g/mol. The lowest BCUT2D eigenvalue weighted by Gasteiger charge is -2.33. The second-order valence-corrected chi connectivity index (χ2v) is 5.71. The van der Waals surface area contributed by atoms with Gasteiger partial charge in [-0.25, -0.2) is 9.78 Å². The Morgan fingerprint density at radius 3 is 2.48 bits per heavy atom. The van der Waals surface area contributed by atoms with E-state index in [-0.39, 0.29) is 17.3 Å². The van der Waals surface area contributed by atoms with Gasteiger partial charge in [0, 0.05) is 19.6 Å². The monoisotopic (exact) mass is 291 g/mol. The number of likely N-dealkylation sites (tertiary alicyclic amines) is 1. The largest absolute Gasteiger partial charge is 0.477 e. The van der Waals surface area contributed by atoms with Crippen LogP contribution in [0.5, 0.6) is 0 Å². The smallest absolute Gasteiger partial charge is 0.354 e. The summed E-state index contributed by atoms with van der Waals surface area (Å²) in [6, 6.07) is 4.52. The normalized spacial score (nSPS) is 16.2. The molecule has 0 atom stereocenters. The van der Waals surface area contributed by atoms with Crippen molar-refractivity contribution in [1.82, 2.24) is 14.8 Å². The highest BCUT2D eigenvalue weighted by atomic mass is 16.4. The molecule has 2 rings (SSSR count). The average Bonchev–Trinajstić information content (AvgIpc) is 2.47. The number of aromatic carboxylic acids is 1. The fraction of sp³-hybridized carbons (Fsp3) is 0.533. The van der Waals surface area contributed by atoms with E-state index in [4.69, 9.17) is 5.11 Å². The Kier molecular flexibility index (Phi) is 4.90. The zero-order valence-electron chi connectivity index (χ0n) is 12.5. The first-order valence-corrected chi connectivity index (χ1v) is 7.11. The zero-order chi connectivity index (χ0) is 15.4. The molecule has 1 aromatic heterocycles. The molecule has 0 aliphatic carbocycles. The van der Waals surface area contributed by atoms with E-state index in [9.17, 15) is 9.59 Å². The average molecular weight is 291 g/mol. The van der Waals surface area contributed by atoms with Crippen LogP contribution >= 0.6 is 0 Å². The molecular formula is C15H21N3O3. The Labute approximate surface area is 124 Å². The van der Waals surface area contributed by atoms with Crippen LogP contribution < -0.4 is 0 Å². The highest BCUT2D eigenvalue weighted by Gasteiger charge is 2.25. The fourth-order valence-electron chi connectivity index (χ4n) is 2.67. The van der Waals surface area contributed by atoms with Crippen molar-refractivity contribution in [3.05, 3.63) is 29.6 Å². The SMILES string of the molecule is CN(C)CC1CCN(C(=O)c2cccc(C(=O)O)n2)CC1. The molecule has 1 aromatic rings. The van der Waals surface area contributed by atoms with Crippen molar-refractivity contribution in [2.75, 3.05) is 33.7 Å². The number of carboxylic acids is 1. The molecule has 0 radical (unpaired) electrons. The van der Waals surface area contributed by atoms with E-state index < -0.39 is 5.97 Å². The van der Waals surface area contributed by atoms with Crippen LogP contribution in [0.2, 0.25) is 0 Å². The number of carboxylic acid groups (broad SMARTS) is 1. The van der Waals surface area contributed by atoms with E-state index in [2.05, 4.69) is 24.0 Å². The molecule has 114 valence electrons. The van der Waals surface area contributed by atoms with Gasteiger partial charge in [-0.1, -0.05) is 6.07 Å². The Bertz CT molecular complexity index is 523. The van der Waals surface area contributed by atoms with Crippen LogP contribution in [0.15, 0.2) is 18.2 Å². The number of pyridine rings is 1. The van der Waals surface area contributed by atoms with Crippen molar-refractivity contribution in [2.24, 2.45) is 5.92 Å². The van der Waals surface area contributed by atoms with Crippen molar-refractivity contribution in [3.63, 3.8) is 0 Å². The topological polar surface area (TPSA) is 73.7 Å². The quantitative estimate of drug-likeness (QED) is 0.902. The Morgan fingerprint density at radius 1 is 1.29 bits per heavy atom. The highest BCUT2D eigenvalue weighted by Crippen LogP contribution is 2.19. The zero-order valence-corrected chi connectivity index (χ0v) is 12.5. The number of hydrogen-bond acceptors (Lipinski definition) is 4. The van der Waals surface area contributed by atoms with Crippen molar-refractivity contribution >= 4 is 11.9 Å². The molecule has 1 aliphatic heterocycles. The van der Waals surface area contributed by atoms with Crippen LogP contribution in [0.3, 0.4) is 0 Å². The summed E-state index contributed by atoms with van der Waals surface area (Å²) >= 11 is 0. The number of carbonyl (C=O) groups excluding carboxylic acids is 1. The third kappa shape index (κ3) is 4.01. The summed E-state index contributed by atoms with van der Waals surface area (Å²) in [5, 5.41) is 8.93. The van der Waals surface area contributed by atoms with Crippen LogP contribution in [0.1, 0.15) is 33.8 Å². The van der Waals surface area contributed by atoms with Gasteiger partial charge < -0.3 is 14.9 Å². The van der Waals surface area contributed by atoms with Gasteiger partial charge in [0.05, 0.1) is 0 Å². The summed E-state index contributed by atoms with van der Waals surface area (Å²) in [6.45, 7) is 2.45. The summed E-state index contributed by atoms with van der Waals surface area (Å²) in [4.78, 5) is 31.1. The first-order valence-electron chi connectivity index (χ1n) is 7.11. The number of amides is 1. The molecule has 0 unspecified atom stereocenters. The van der Waals surface area contributed by atoms with E-state index in [1.165, 1.54) is 6.07 Å². The lowest BCUT2D eigenvalue weighted by molar-refractivity contribution is 0.0670. The second-order valence-electron chi connectivity index (χ2n) is 5.71. The van der Waals surface area contributed by atoms with Gasteiger partial charge in [-0.05, 0) is 45.0 Å².